The summed E-state index contributed by atoms with van der Waals surface area (Å²) < 4.78 is 46.1. The largest absolute Gasteiger partial charge is 0.573 e. The topological polar surface area (TPSA) is 55.8 Å². The number of carbonyl (C=O) groups is 2. The van der Waals surface area contributed by atoms with Gasteiger partial charge in [0.2, 0.25) is 0 Å². The predicted octanol–water partition coefficient (Wildman–Crippen LogP) is 3.19. The Morgan fingerprint density at radius 1 is 0.960 bits per heavy atom. The van der Waals surface area contributed by atoms with Gasteiger partial charge in [-0.05, 0) is 30.3 Å². The normalized spacial score (nSPS) is 13.8. The maximum absolute atomic E-state index is 12.3. The quantitative estimate of drug-likeness (QED) is 0.777. The Labute approximate surface area is 140 Å². The average molecular weight is 351 g/mol. The van der Waals surface area contributed by atoms with Crippen molar-refractivity contribution in [2.24, 2.45) is 0 Å². The molecular formula is C17H12F3NO4. The van der Waals surface area contributed by atoms with Crippen LogP contribution < -0.4 is 14.4 Å². The SMILES string of the molecule is O=C1C(=O)N(CCOc2ccccc2)c2ccc(OC(F)(F)F)cc21. The molecular weight excluding hydrogens is 339 g/mol. The first-order valence-corrected chi connectivity index (χ1v) is 7.29. The third-order valence-corrected chi connectivity index (χ3v) is 3.50. The smallest absolute Gasteiger partial charge is 0.492 e. The van der Waals surface area contributed by atoms with E-state index < -0.39 is 23.8 Å². The molecule has 0 bridgehead atoms. The van der Waals surface area contributed by atoms with Gasteiger partial charge in [-0.2, -0.15) is 0 Å². The monoisotopic (exact) mass is 351 g/mol. The Bertz CT molecular complexity index is 805. The standard InChI is InChI=1S/C17H12F3NO4/c18-17(19,20)25-12-6-7-14-13(10-12)15(22)16(23)21(14)8-9-24-11-4-2-1-3-5-11/h1-7,10H,8-9H2. The number of benzene rings is 2. The molecule has 0 aliphatic carbocycles. The summed E-state index contributed by atoms with van der Waals surface area (Å²) in [5, 5.41) is 0. The van der Waals surface area contributed by atoms with E-state index in [1.807, 2.05) is 6.07 Å². The lowest BCUT2D eigenvalue weighted by Gasteiger charge is -2.17. The van der Waals surface area contributed by atoms with Crippen LogP contribution in [0.4, 0.5) is 18.9 Å². The van der Waals surface area contributed by atoms with Crippen molar-refractivity contribution in [3.05, 3.63) is 54.1 Å². The van der Waals surface area contributed by atoms with Gasteiger partial charge in [0.05, 0.1) is 17.8 Å². The molecule has 0 saturated heterocycles. The highest BCUT2D eigenvalue weighted by molar-refractivity contribution is 6.52. The second-order valence-electron chi connectivity index (χ2n) is 5.17. The fourth-order valence-corrected chi connectivity index (χ4v) is 2.47. The molecule has 130 valence electrons. The molecule has 1 amide bonds. The molecule has 0 N–H and O–H groups in total. The van der Waals surface area contributed by atoms with Gasteiger partial charge in [-0.3, -0.25) is 9.59 Å². The van der Waals surface area contributed by atoms with Crippen LogP contribution in [0, 0.1) is 0 Å². The maximum Gasteiger partial charge on any atom is 0.573 e. The van der Waals surface area contributed by atoms with Crippen LogP contribution in [0.2, 0.25) is 0 Å². The van der Waals surface area contributed by atoms with Crippen LogP contribution in [-0.4, -0.2) is 31.2 Å². The van der Waals surface area contributed by atoms with Crippen molar-refractivity contribution in [3.63, 3.8) is 0 Å². The summed E-state index contributed by atoms with van der Waals surface area (Å²) in [7, 11) is 0. The molecule has 0 saturated carbocycles. The Kier molecular flexibility index (Phi) is 4.35. The lowest BCUT2D eigenvalue weighted by atomic mass is 10.1. The van der Waals surface area contributed by atoms with Crippen LogP contribution in [0.1, 0.15) is 10.4 Å². The van der Waals surface area contributed by atoms with Crippen molar-refractivity contribution in [1.82, 2.24) is 0 Å². The zero-order chi connectivity index (χ0) is 18.0. The first-order chi connectivity index (χ1) is 11.8. The lowest BCUT2D eigenvalue weighted by molar-refractivity contribution is -0.274. The highest BCUT2D eigenvalue weighted by Crippen LogP contribution is 2.33. The number of hydrogen-bond acceptors (Lipinski definition) is 4. The molecule has 25 heavy (non-hydrogen) atoms. The number of Topliss-reactive ketones (excluding diaryl/α,β-unsaturated/α-hetero) is 1. The molecule has 1 heterocycles. The first-order valence-electron chi connectivity index (χ1n) is 7.29. The van der Waals surface area contributed by atoms with Crippen molar-refractivity contribution < 1.29 is 32.2 Å². The van der Waals surface area contributed by atoms with E-state index >= 15 is 0 Å². The second kappa shape index (κ2) is 6.46. The molecule has 0 spiro atoms. The Balaban J connectivity index is 1.73. The third-order valence-electron chi connectivity index (χ3n) is 3.50. The summed E-state index contributed by atoms with van der Waals surface area (Å²) in [5.41, 5.74) is 0.118. The number of para-hydroxylation sites is 1. The molecule has 0 aromatic heterocycles. The number of fused-ring (bicyclic) bond motifs is 1. The minimum Gasteiger partial charge on any atom is -0.492 e. The Morgan fingerprint density at radius 3 is 2.36 bits per heavy atom. The number of ketones is 1. The van der Waals surface area contributed by atoms with E-state index in [0.29, 0.717) is 5.75 Å². The fourth-order valence-electron chi connectivity index (χ4n) is 2.47. The highest BCUT2D eigenvalue weighted by Gasteiger charge is 2.37. The van der Waals surface area contributed by atoms with E-state index in [1.165, 1.54) is 11.0 Å². The number of rotatable bonds is 5. The van der Waals surface area contributed by atoms with Crippen molar-refractivity contribution in [2.45, 2.75) is 6.36 Å². The van der Waals surface area contributed by atoms with Gasteiger partial charge >= 0.3 is 6.36 Å². The van der Waals surface area contributed by atoms with Gasteiger partial charge in [-0.25, -0.2) is 0 Å². The summed E-state index contributed by atoms with van der Waals surface area (Å²) in [6.45, 7) is 0.217. The maximum atomic E-state index is 12.3. The molecule has 2 aromatic rings. The minimum atomic E-state index is -4.87. The van der Waals surface area contributed by atoms with Crippen molar-refractivity contribution in [1.29, 1.82) is 0 Å². The molecule has 5 nitrogen and oxygen atoms in total. The number of alkyl halides is 3. The molecule has 1 aliphatic heterocycles. The van der Waals surface area contributed by atoms with E-state index in [1.54, 1.807) is 24.3 Å². The number of anilines is 1. The number of carbonyl (C=O) groups excluding carboxylic acids is 2. The zero-order valence-corrected chi connectivity index (χ0v) is 12.7. The molecule has 8 heteroatoms. The third kappa shape index (κ3) is 3.73. The molecule has 0 unspecified atom stereocenters. The number of nitrogens with zero attached hydrogens (tertiary/aromatic N) is 1. The second-order valence-corrected chi connectivity index (χ2v) is 5.17. The molecule has 2 aromatic carbocycles. The van der Waals surface area contributed by atoms with Gasteiger partial charge < -0.3 is 14.4 Å². The predicted molar refractivity (Wildman–Crippen MR) is 81.7 cm³/mol. The summed E-state index contributed by atoms with van der Waals surface area (Å²) in [6, 6.07) is 12.1. The van der Waals surface area contributed by atoms with Gasteiger partial charge in [-0.15, -0.1) is 13.2 Å². The van der Waals surface area contributed by atoms with Gasteiger partial charge in [0.15, 0.2) is 0 Å². The summed E-state index contributed by atoms with van der Waals surface area (Å²) in [5.74, 6) is -1.62. The summed E-state index contributed by atoms with van der Waals surface area (Å²) >= 11 is 0. The average Bonchev–Trinajstić information content (AvgIpc) is 2.79. The number of ether oxygens (including phenoxy) is 2. The molecule has 1 aliphatic rings. The lowest BCUT2D eigenvalue weighted by Crippen LogP contribution is -2.33. The van der Waals surface area contributed by atoms with Crippen LogP contribution in [0.3, 0.4) is 0 Å². The van der Waals surface area contributed by atoms with Gasteiger partial charge in [0.25, 0.3) is 11.7 Å². The number of hydrogen-bond donors (Lipinski definition) is 0. The Hall–Kier alpha value is -3.03. The van der Waals surface area contributed by atoms with E-state index in [0.717, 1.165) is 12.1 Å². The van der Waals surface area contributed by atoms with Crippen molar-refractivity contribution in [2.75, 3.05) is 18.1 Å². The Morgan fingerprint density at radius 2 is 1.68 bits per heavy atom. The molecule has 0 atom stereocenters. The molecule has 0 radical (unpaired) electrons. The van der Waals surface area contributed by atoms with Crippen molar-refractivity contribution in [3.8, 4) is 11.5 Å². The highest BCUT2D eigenvalue weighted by atomic mass is 19.4. The van der Waals surface area contributed by atoms with E-state index in [-0.39, 0.29) is 24.4 Å². The van der Waals surface area contributed by atoms with E-state index in [4.69, 9.17) is 4.74 Å². The van der Waals surface area contributed by atoms with Gasteiger partial charge in [-0.1, -0.05) is 18.2 Å². The number of amides is 1. The van der Waals surface area contributed by atoms with Crippen LogP contribution in [0.25, 0.3) is 0 Å². The molecule has 0 fully saturated rings. The molecule has 3 rings (SSSR count). The summed E-state index contributed by atoms with van der Waals surface area (Å²) in [4.78, 5) is 25.2. The van der Waals surface area contributed by atoms with Crippen LogP contribution in [-0.2, 0) is 4.79 Å². The zero-order valence-electron chi connectivity index (χ0n) is 12.7. The minimum absolute atomic E-state index is 0.0892. The van der Waals surface area contributed by atoms with E-state index in [9.17, 15) is 22.8 Å². The van der Waals surface area contributed by atoms with Crippen LogP contribution in [0.15, 0.2) is 48.5 Å². The fraction of sp³-hybridized carbons (Fsp3) is 0.176. The van der Waals surface area contributed by atoms with Crippen LogP contribution >= 0.6 is 0 Å². The number of halogens is 3. The van der Waals surface area contributed by atoms with Gasteiger partial charge in [0, 0.05) is 0 Å². The first kappa shape index (κ1) is 16.8. The van der Waals surface area contributed by atoms with Crippen molar-refractivity contribution >= 4 is 17.4 Å². The van der Waals surface area contributed by atoms with Crippen LogP contribution in [0.5, 0.6) is 11.5 Å². The summed E-state index contributed by atoms with van der Waals surface area (Å²) in [6.07, 6.45) is -4.87. The van der Waals surface area contributed by atoms with Gasteiger partial charge in [0.1, 0.15) is 18.1 Å². The van der Waals surface area contributed by atoms with E-state index in [2.05, 4.69) is 4.74 Å².